The summed E-state index contributed by atoms with van der Waals surface area (Å²) in [6.45, 7) is 4.50. The number of carbonyl (C=O) groups excluding carboxylic acids is 2. The quantitative estimate of drug-likeness (QED) is 0.347. The summed E-state index contributed by atoms with van der Waals surface area (Å²) >= 11 is 0. The van der Waals surface area contributed by atoms with Gasteiger partial charge in [0.15, 0.2) is 5.78 Å². The lowest BCUT2D eigenvalue weighted by Gasteiger charge is -1.93. The van der Waals surface area contributed by atoms with Gasteiger partial charge in [0.05, 0.1) is 0 Å². The number of hydrogen-bond donors (Lipinski definition) is 0. The van der Waals surface area contributed by atoms with Gasteiger partial charge in [0, 0.05) is 13.3 Å². The minimum atomic E-state index is -0.439. The molecule has 0 spiro atoms. The van der Waals surface area contributed by atoms with E-state index in [1.54, 1.807) is 6.92 Å². The van der Waals surface area contributed by atoms with Gasteiger partial charge in [-0.25, -0.2) is 4.79 Å². The van der Waals surface area contributed by atoms with Crippen LogP contribution in [0.2, 0.25) is 0 Å². The molecule has 0 saturated carbocycles. The first kappa shape index (κ1) is 9.81. The third-order valence-electron chi connectivity index (χ3n) is 1.08. The average molecular weight is 157 g/mol. The molecule has 0 amide bonds. The first-order valence-electron chi connectivity index (χ1n) is 3.33. The Morgan fingerprint density at radius 3 is 2.27 bits per heavy atom. The number of hydrogen-bond acceptors (Lipinski definition) is 4. The molecule has 0 unspecified atom stereocenters. The second-order valence-corrected chi connectivity index (χ2v) is 2.05. The molecule has 0 aromatic carbocycles. The van der Waals surface area contributed by atoms with Crippen molar-refractivity contribution in [2.45, 2.75) is 27.2 Å². The van der Waals surface area contributed by atoms with E-state index in [1.165, 1.54) is 13.8 Å². The highest BCUT2D eigenvalue weighted by Crippen LogP contribution is 1.87. The van der Waals surface area contributed by atoms with Gasteiger partial charge in [-0.2, -0.15) is 0 Å². The molecule has 0 radical (unpaired) electrons. The van der Waals surface area contributed by atoms with Crippen LogP contribution in [0.3, 0.4) is 0 Å². The smallest absolute Gasteiger partial charge is 0.318 e. The van der Waals surface area contributed by atoms with Gasteiger partial charge in [0.2, 0.25) is 0 Å². The molecule has 4 heteroatoms. The van der Waals surface area contributed by atoms with Crippen LogP contribution in [0, 0.1) is 0 Å². The molecule has 4 nitrogen and oxygen atoms in total. The third-order valence-corrected chi connectivity index (χ3v) is 1.08. The van der Waals surface area contributed by atoms with Crippen molar-refractivity contribution >= 4 is 17.5 Å². The van der Waals surface area contributed by atoms with Gasteiger partial charge in [0.25, 0.3) is 0 Å². The molecule has 0 aliphatic rings. The van der Waals surface area contributed by atoms with Crippen LogP contribution in [0.5, 0.6) is 0 Å². The Labute approximate surface area is 65.2 Å². The second kappa shape index (κ2) is 4.60. The minimum Gasteiger partial charge on any atom is -0.318 e. The SMILES string of the molecule is CCC(=O)O/N=C(/C)C(C)=O. The van der Waals surface area contributed by atoms with Crippen molar-refractivity contribution in [1.82, 2.24) is 0 Å². The first-order valence-corrected chi connectivity index (χ1v) is 3.33. The molecule has 0 aliphatic carbocycles. The molecule has 0 fully saturated rings. The van der Waals surface area contributed by atoms with Gasteiger partial charge in [-0.3, -0.25) is 4.79 Å². The normalized spacial score (nSPS) is 11.0. The summed E-state index contributed by atoms with van der Waals surface area (Å²) < 4.78 is 0. The highest BCUT2D eigenvalue weighted by atomic mass is 16.7. The molecular formula is C7H11NO3. The molecule has 0 atom stereocenters. The van der Waals surface area contributed by atoms with E-state index in [9.17, 15) is 9.59 Å². The van der Waals surface area contributed by atoms with Gasteiger partial charge in [-0.05, 0) is 6.92 Å². The molecule has 62 valence electrons. The summed E-state index contributed by atoms with van der Waals surface area (Å²) in [4.78, 5) is 25.4. The molecule has 11 heavy (non-hydrogen) atoms. The fourth-order valence-corrected chi connectivity index (χ4v) is 0.248. The molecule has 0 aliphatic heterocycles. The summed E-state index contributed by atoms with van der Waals surface area (Å²) in [5.41, 5.74) is 0.201. The van der Waals surface area contributed by atoms with E-state index in [1.807, 2.05) is 0 Å². The zero-order chi connectivity index (χ0) is 8.85. The number of rotatable bonds is 3. The third kappa shape index (κ3) is 4.25. The summed E-state index contributed by atoms with van der Waals surface area (Å²) in [6, 6.07) is 0. The van der Waals surface area contributed by atoms with Gasteiger partial charge in [-0.15, -0.1) is 0 Å². The Balaban J connectivity index is 3.92. The van der Waals surface area contributed by atoms with Crippen molar-refractivity contribution in [1.29, 1.82) is 0 Å². The van der Waals surface area contributed by atoms with Crippen molar-refractivity contribution in [2.75, 3.05) is 0 Å². The van der Waals surface area contributed by atoms with Crippen LogP contribution in [0.25, 0.3) is 0 Å². The number of oxime groups is 1. The number of Topliss-reactive ketones (excluding diaryl/α,β-unsaturated/α-hetero) is 1. The zero-order valence-electron chi connectivity index (χ0n) is 6.88. The lowest BCUT2D eigenvalue weighted by Crippen LogP contribution is -2.07. The Morgan fingerprint density at radius 1 is 1.36 bits per heavy atom. The number of nitrogens with zero attached hydrogens (tertiary/aromatic N) is 1. The highest BCUT2D eigenvalue weighted by molar-refractivity contribution is 6.37. The first-order chi connectivity index (χ1) is 5.07. The molecule has 0 N–H and O–H groups in total. The Kier molecular flexibility index (Phi) is 4.10. The summed E-state index contributed by atoms with van der Waals surface area (Å²) in [5.74, 6) is -0.639. The predicted molar refractivity (Wildman–Crippen MR) is 40.2 cm³/mol. The largest absolute Gasteiger partial charge is 0.334 e. The molecule has 0 aromatic rings. The van der Waals surface area contributed by atoms with Gasteiger partial charge in [-0.1, -0.05) is 12.1 Å². The van der Waals surface area contributed by atoms with Gasteiger partial charge >= 0.3 is 5.97 Å². The van der Waals surface area contributed by atoms with Crippen LogP contribution >= 0.6 is 0 Å². The van der Waals surface area contributed by atoms with Crippen LogP contribution in [-0.2, 0) is 14.4 Å². The van der Waals surface area contributed by atoms with Crippen LogP contribution in [0.15, 0.2) is 5.16 Å². The predicted octanol–water partition coefficient (Wildman–Crippen LogP) is 0.905. The maximum atomic E-state index is 10.5. The van der Waals surface area contributed by atoms with Crippen molar-refractivity contribution in [2.24, 2.45) is 5.16 Å². The van der Waals surface area contributed by atoms with E-state index in [0.717, 1.165) is 0 Å². The van der Waals surface area contributed by atoms with E-state index in [4.69, 9.17) is 0 Å². The van der Waals surface area contributed by atoms with E-state index in [2.05, 4.69) is 9.99 Å². The second-order valence-electron chi connectivity index (χ2n) is 2.05. The Bertz CT molecular complexity index is 196. The van der Waals surface area contributed by atoms with Crippen LogP contribution in [-0.4, -0.2) is 17.5 Å². The van der Waals surface area contributed by atoms with E-state index in [-0.39, 0.29) is 17.9 Å². The van der Waals surface area contributed by atoms with Crippen LogP contribution in [0.1, 0.15) is 27.2 Å². The van der Waals surface area contributed by atoms with Crippen LogP contribution < -0.4 is 0 Å². The van der Waals surface area contributed by atoms with Gasteiger partial charge < -0.3 is 4.84 Å². The zero-order valence-corrected chi connectivity index (χ0v) is 6.88. The standard InChI is InChI=1S/C7H11NO3/c1-4-7(10)11-8-5(2)6(3)9/h4H2,1-3H3/b8-5-. The maximum absolute atomic E-state index is 10.5. The lowest BCUT2D eigenvalue weighted by molar-refractivity contribution is -0.143. The Morgan fingerprint density at radius 2 is 1.91 bits per heavy atom. The van der Waals surface area contributed by atoms with E-state index >= 15 is 0 Å². The van der Waals surface area contributed by atoms with Crippen LogP contribution in [0.4, 0.5) is 0 Å². The number of carbonyl (C=O) groups is 2. The minimum absolute atomic E-state index is 0.200. The molecule has 0 bridgehead atoms. The molecule has 0 saturated heterocycles. The van der Waals surface area contributed by atoms with E-state index < -0.39 is 5.97 Å². The Hall–Kier alpha value is -1.19. The molecule has 0 aromatic heterocycles. The van der Waals surface area contributed by atoms with Crippen molar-refractivity contribution in [3.8, 4) is 0 Å². The average Bonchev–Trinajstić information content (AvgIpc) is 1.99. The fourth-order valence-electron chi connectivity index (χ4n) is 0.248. The number of ketones is 1. The van der Waals surface area contributed by atoms with Crippen molar-refractivity contribution in [3.63, 3.8) is 0 Å². The van der Waals surface area contributed by atoms with Gasteiger partial charge in [0.1, 0.15) is 5.71 Å². The highest BCUT2D eigenvalue weighted by Gasteiger charge is 2.00. The molecule has 0 rings (SSSR count). The summed E-state index contributed by atoms with van der Waals surface area (Å²) in [5, 5.41) is 3.31. The monoisotopic (exact) mass is 157 g/mol. The lowest BCUT2D eigenvalue weighted by atomic mass is 10.3. The maximum Gasteiger partial charge on any atom is 0.334 e. The summed E-state index contributed by atoms with van der Waals surface area (Å²) in [6.07, 6.45) is 0.259. The van der Waals surface area contributed by atoms with Crippen molar-refractivity contribution < 1.29 is 14.4 Å². The molecule has 0 heterocycles. The fraction of sp³-hybridized carbons (Fsp3) is 0.571. The molecular weight excluding hydrogens is 146 g/mol. The van der Waals surface area contributed by atoms with E-state index in [0.29, 0.717) is 0 Å². The summed E-state index contributed by atoms with van der Waals surface area (Å²) in [7, 11) is 0. The topological polar surface area (TPSA) is 55.7 Å². The van der Waals surface area contributed by atoms with Crippen molar-refractivity contribution in [3.05, 3.63) is 0 Å².